The number of hydrogen-bond acceptors (Lipinski definition) is 4. The summed E-state index contributed by atoms with van der Waals surface area (Å²) in [7, 11) is 0. The molecule has 0 amide bonds. The standard InChI is InChI=1S/C22H36N6O/c1-4-21-27-25-18-28(21)16-15-24-22(23-14-9-17-29-5-2)26-19(3)12-13-20-10-7-6-8-11-20/h6-8,10-11,18-19H,4-5,9,12-17H2,1-3H3,(H2,23,24,26). The van der Waals surface area contributed by atoms with Gasteiger partial charge in [0.1, 0.15) is 12.2 Å². The smallest absolute Gasteiger partial charge is 0.191 e. The Morgan fingerprint density at radius 1 is 1.24 bits per heavy atom. The van der Waals surface area contributed by atoms with Crippen LogP contribution < -0.4 is 10.6 Å². The van der Waals surface area contributed by atoms with Crippen LogP contribution in [0.3, 0.4) is 0 Å². The molecule has 0 aliphatic rings. The Balaban J connectivity index is 1.83. The zero-order valence-electron chi connectivity index (χ0n) is 18.1. The van der Waals surface area contributed by atoms with Gasteiger partial charge in [0, 0.05) is 45.3 Å². The fraction of sp³-hybridized carbons (Fsp3) is 0.591. The van der Waals surface area contributed by atoms with Gasteiger partial charge in [-0.05, 0) is 38.7 Å². The molecule has 0 saturated carbocycles. The maximum absolute atomic E-state index is 5.41. The number of aromatic nitrogens is 3. The Morgan fingerprint density at radius 2 is 2.07 bits per heavy atom. The topological polar surface area (TPSA) is 76.4 Å². The molecule has 1 aromatic heterocycles. The van der Waals surface area contributed by atoms with Crippen LogP contribution in [0.5, 0.6) is 0 Å². The molecule has 2 N–H and O–H groups in total. The van der Waals surface area contributed by atoms with Gasteiger partial charge in [-0.3, -0.25) is 4.99 Å². The average Bonchev–Trinajstić information content (AvgIpc) is 3.20. The molecule has 1 atom stereocenters. The lowest BCUT2D eigenvalue weighted by molar-refractivity contribution is 0.146. The molecule has 0 spiro atoms. The van der Waals surface area contributed by atoms with E-state index < -0.39 is 0 Å². The lowest BCUT2D eigenvalue weighted by Gasteiger charge is -2.19. The molecule has 2 aromatic rings. The molecule has 0 aliphatic heterocycles. The van der Waals surface area contributed by atoms with Crippen molar-refractivity contribution in [3.63, 3.8) is 0 Å². The van der Waals surface area contributed by atoms with Gasteiger partial charge < -0.3 is 19.9 Å². The minimum absolute atomic E-state index is 0.328. The van der Waals surface area contributed by atoms with Crippen LogP contribution in [0.1, 0.15) is 45.0 Å². The highest BCUT2D eigenvalue weighted by Crippen LogP contribution is 2.04. The molecule has 0 radical (unpaired) electrons. The molecule has 0 aliphatic carbocycles. The van der Waals surface area contributed by atoms with Crippen molar-refractivity contribution in [3.8, 4) is 0 Å². The van der Waals surface area contributed by atoms with E-state index >= 15 is 0 Å². The van der Waals surface area contributed by atoms with Crippen molar-refractivity contribution in [2.24, 2.45) is 4.99 Å². The number of benzene rings is 1. The van der Waals surface area contributed by atoms with Gasteiger partial charge >= 0.3 is 0 Å². The molecule has 0 fully saturated rings. The molecule has 0 saturated heterocycles. The van der Waals surface area contributed by atoms with E-state index in [0.717, 1.165) is 70.3 Å². The van der Waals surface area contributed by atoms with Gasteiger partial charge in [0.15, 0.2) is 5.96 Å². The van der Waals surface area contributed by atoms with Crippen molar-refractivity contribution in [1.82, 2.24) is 25.4 Å². The molecule has 160 valence electrons. The third kappa shape index (κ3) is 9.09. The number of nitrogens with one attached hydrogen (secondary N) is 2. The third-order valence-electron chi connectivity index (χ3n) is 4.67. The van der Waals surface area contributed by atoms with Crippen LogP contribution in [-0.4, -0.2) is 53.1 Å². The monoisotopic (exact) mass is 400 g/mol. The zero-order valence-corrected chi connectivity index (χ0v) is 18.1. The summed E-state index contributed by atoms with van der Waals surface area (Å²) in [5.74, 6) is 1.86. The molecule has 7 nitrogen and oxygen atoms in total. The zero-order chi connectivity index (χ0) is 20.7. The Labute approximate surface area is 175 Å². The van der Waals surface area contributed by atoms with Crippen LogP contribution in [0, 0.1) is 0 Å². The maximum Gasteiger partial charge on any atom is 0.191 e. The summed E-state index contributed by atoms with van der Waals surface area (Å²) < 4.78 is 7.49. The fourth-order valence-corrected chi connectivity index (χ4v) is 3.02. The number of ether oxygens (including phenoxy) is 1. The highest BCUT2D eigenvalue weighted by Gasteiger charge is 2.07. The predicted molar refractivity (Wildman–Crippen MR) is 118 cm³/mol. The molecule has 7 heteroatoms. The van der Waals surface area contributed by atoms with Crippen LogP contribution in [0.4, 0.5) is 0 Å². The number of aryl methyl sites for hydroxylation is 2. The summed E-state index contributed by atoms with van der Waals surface area (Å²) >= 11 is 0. The van der Waals surface area contributed by atoms with Crippen molar-refractivity contribution in [3.05, 3.63) is 48.0 Å². The number of hydrogen-bond donors (Lipinski definition) is 2. The Bertz CT molecular complexity index is 700. The van der Waals surface area contributed by atoms with Crippen molar-refractivity contribution >= 4 is 5.96 Å². The molecule has 1 heterocycles. The molecule has 2 rings (SSSR count). The van der Waals surface area contributed by atoms with Crippen LogP contribution in [0.25, 0.3) is 0 Å². The Kier molecular flexibility index (Phi) is 10.8. The van der Waals surface area contributed by atoms with Gasteiger partial charge in [0.25, 0.3) is 0 Å². The molecule has 1 unspecified atom stereocenters. The summed E-state index contributed by atoms with van der Waals surface area (Å²) in [6.45, 7) is 10.1. The third-order valence-corrected chi connectivity index (χ3v) is 4.67. The van der Waals surface area contributed by atoms with E-state index in [9.17, 15) is 0 Å². The normalized spacial score (nSPS) is 12.7. The first-order valence-corrected chi connectivity index (χ1v) is 10.8. The molecule has 0 bridgehead atoms. The molecule has 1 aromatic carbocycles. The minimum Gasteiger partial charge on any atom is -0.382 e. The van der Waals surface area contributed by atoms with E-state index in [0.29, 0.717) is 6.04 Å². The molecular formula is C22H36N6O. The predicted octanol–water partition coefficient (Wildman–Crippen LogP) is 2.82. The summed E-state index contributed by atoms with van der Waals surface area (Å²) in [6, 6.07) is 10.9. The average molecular weight is 401 g/mol. The van der Waals surface area contributed by atoms with Gasteiger partial charge in [0.05, 0.1) is 0 Å². The van der Waals surface area contributed by atoms with E-state index in [1.807, 2.05) is 6.92 Å². The van der Waals surface area contributed by atoms with Crippen LogP contribution in [-0.2, 0) is 24.1 Å². The van der Waals surface area contributed by atoms with E-state index in [-0.39, 0.29) is 0 Å². The number of nitrogens with zero attached hydrogens (tertiary/aromatic N) is 4. The van der Waals surface area contributed by atoms with E-state index in [1.165, 1.54) is 5.56 Å². The van der Waals surface area contributed by atoms with Crippen LogP contribution in [0.2, 0.25) is 0 Å². The quantitative estimate of drug-likeness (QED) is 0.307. The van der Waals surface area contributed by atoms with Gasteiger partial charge in [-0.2, -0.15) is 0 Å². The van der Waals surface area contributed by atoms with E-state index in [1.54, 1.807) is 6.33 Å². The second-order valence-electron chi connectivity index (χ2n) is 7.07. The Hall–Kier alpha value is -2.41. The number of rotatable bonds is 13. The summed E-state index contributed by atoms with van der Waals surface area (Å²) in [5, 5.41) is 15.1. The summed E-state index contributed by atoms with van der Waals surface area (Å²) in [5.41, 5.74) is 1.36. The molecule has 29 heavy (non-hydrogen) atoms. The second kappa shape index (κ2) is 13.7. The summed E-state index contributed by atoms with van der Waals surface area (Å²) in [6.07, 6.45) is 5.69. The number of guanidine groups is 1. The highest BCUT2D eigenvalue weighted by atomic mass is 16.5. The van der Waals surface area contributed by atoms with Crippen molar-refractivity contribution in [1.29, 1.82) is 0 Å². The van der Waals surface area contributed by atoms with E-state index in [4.69, 9.17) is 9.73 Å². The van der Waals surface area contributed by atoms with Crippen molar-refractivity contribution in [2.75, 3.05) is 26.3 Å². The van der Waals surface area contributed by atoms with E-state index in [2.05, 4.69) is 69.6 Å². The lowest BCUT2D eigenvalue weighted by atomic mass is 10.1. The first kappa shape index (κ1) is 22.9. The van der Waals surface area contributed by atoms with Gasteiger partial charge in [-0.1, -0.05) is 37.3 Å². The first-order valence-electron chi connectivity index (χ1n) is 10.8. The largest absolute Gasteiger partial charge is 0.382 e. The van der Waals surface area contributed by atoms with Crippen LogP contribution >= 0.6 is 0 Å². The Morgan fingerprint density at radius 3 is 2.83 bits per heavy atom. The minimum atomic E-state index is 0.328. The maximum atomic E-state index is 5.41. The summed E-state index contributed by atoms with van der Waals surface area (Å²) in [4.78, 5) is 4.73. The molecular weight excluding hydrogens is 364 g/mol. The van der Waals surface area contributed by atoms with Gasteiger partial charge in [-0.25, -0.2) is 0 Å². The van der Waals surface area contributed by atoms with Crippen molar-refractivity contribution in [2.45, 2.75) is 59.0 Å². The number of aliphatic imine (C=N–C) groups is 1. The second-order valence-corrected chi connectivity index (χ2v) is 7.07. The SMILES string of the molecule is CCOCCCN=C(NCCn1cnnc1CC)NC(C)CCc1ccccc1. The van der Waals surface area contributed by atoms with Gasteiger partial charge in [0.2, 0.25) is 0 Å². The fourth-order valence-electron chi connectivity index (χ4n) is 3.02. The van der Waals surface area contributed by atoms with Crippen LogP contribution in [0.15, 0.2) is 41.7 Å². The first-order chi connectivity index (χ1) is 14.2. The van der Waals surface area contributed by atoms with Gasteiger partial charge in [-0.15, -0.1) is 10.2 Å². The highest BCUT2D eigenvalue weighted by molar-refractivity contribution is 5.80. The van der Waals surface area contributed by atoms with Crippen molar-refractivity contribution < 1.29 is 4.74 Å². The lowest BCUT2D eigenvalue weighted by Crippen LogP contribution is -2.43.